The predicted molar refractivity (Wildman–Crippen MR) is 122 cm³/mol. The maximum absolute atomic E-state index is 13.7. The van der Waals surface area contributed by atoms with Gasteiger partial charge in [0.05, 0.1) is 24.1 Å². The number of thiophene rings is 1. The van der Waals surface area contributed by atoms with Gasteiger partial charge in [-0.15, -0.1) is 28.1 Å². The van der Waals surface area contributed by atoms with E-state index in [0.29, 0.717) is 25.4 Å². The summed E-state index contributed by atoms with van der Waals surface area (Å²) in [5.41, 5.74) is 1.86. The first-order valence-corrected chi connectivity index (χ1v) is 11.6. The first-order chi connectivity index (χ1) is 14.5. The highest BCUT2D eigenvalue weighted by Gasteiger charge is 2.32. The van der Waals surface area contributed by atoms with Crippen LogP contribution in [0.15, 0.2) is 52.9 Å². The molecule has 1 aromatic carbocycles. The molecule has 0 aliphatic carbocycles. The van der Waals surface area contributed by atoms with Gasteiger partial charge in [0.2, 0.25) is 5.78 Å². The van der Waals surface area contributed by atoms with Crippen LogP contribution in [0.25, 0.3) is 16.0 Å². The largest absolute Gasteiger partial charge is 0.370 e. The van der Waals surface area contributed by atoms with Crippen molar-refractivity contribution in [2.75, 3.05) is 5.75 Å². The molecule has 5 rings (SSSR count). The van der Waals surface area contributed by atoms with Gasteiger partial charge in [-0.25, -0.2) is 4.40 Å². The number of aromatic nitrogens is 4. The molecule has 6 nitrogen and oxygen atoms in total. The summed E-state index contributed by atoms with van der Waals surface area (Å²) in [5, 5.41) is 10.4. The number of rotatable bonds is 5. The Kier molecular flexibility index (Phi) is 4.80. The van der Waals surface area contributed by atoms with E-state index >= 15 is 0 Å². The Labute approximate surface area is 182 Å². The molecule has 0 amide bonds. The van der Waals surface area contributed by atoms with Crippen molar-refractivity contribution in [2.45, 2.75) is 44.2 Å². The van der Waals surface area contributed by atoms with Gasteiger partial charge < -0.3 is 4.74 Å². The van der Waals surface area contributed by atoms with Gasteiger partial charge in [0.25, 0.3) is 5.56 Å². The van der Waals surface area contributed by atoms with E-state index in [9.17, 15) is 4.79 Å². The first-order valence-electron chi connectivity index (χ1n) is 9.82. The van der Waals surface area contributed by atoms with Crippen molar-refractivity contribution in [3.8, 4) is 0 Å². The maximum atomic E-state index is 13.7. The van der Waals surface area contributed by atoms with Gasteiger partial charge >= 0.3 is 0 Å². The molecule has 154 valence electrons. The van der Waals surface area contributed by atoms with Crippen LogP contribution in [0.1, 0.15) is 29.9 Å². The third kappa shape index (κ3) is 3.19. The zero-order chi connectivity index (χ0) is 20.9. The second-order valence-electron chi connectivity index (χ2n) is 8.00. The summed E-state index contributed by atoms with van der Waals surface area (Å²) in [6.07, 6.45) is 2.56. The van der Waals surface area contributed by atoms with E-state index in [4.69, 9.17) is 4.74 Å². The standard InChI is InChI=1S/C22H22N4O2S2/c1-4-10-29-21-24-23-20-25(12-14-8-6-5-7-9-14)18(27)17-15-11-22(2,3)28-13-16(15)30-19(17)26(20)21/h4-9H,1,10-13H2,2-3H3. The number of hydrogen-bond donors (Lipinski definition) is 0. The van der Waals surface area contributed by atoms with E-state index in [-0.39, 0.29) is 11.2 Å². The minimum atomic E-state index is -0.291. The molecular weight excluding hydrogens is 416 g/mol. The molecule has 0 radical (unpaired) electrons. The Balaban J connectivity index is 1.82. The lowest BCUT2D eigenvalue weighted by atomic mass is 9.94. The molecule has 0 saturated heterocycles. The molecule has 4 aromatic rings. The van der Waals surface area contributed by atoms with E-state index in [2.05, 4.69) is 30.6 Å². The molecule has 0 fully saturated rings. The molecule has 0 spiro atoms. The average molecular weight is 439 g/mol. The van der Waals surface area contributed by atoms with E-state index in [1.165, 1.54) is 0 Å². The average Bonchev–Trinajstić information content (AvgIpc) is 3.30. The van der Waals surface area contributed by atoms with Crippen LogP contribution >= 0.6 is 23.1 Å². The van der Waals surface area contributed by atoms with Crippen molar-refractivity contribution in [1.29, 1.82) is 0 Å². The number of benzene rings is 1. The fourth-order valence-electron chi connectivity index (χ4n) is 3.89. The third-order valence-electron chi connectivity index (χ3n) is 5.30. The highest BCUT2D eigenvalue weighted by atomic mass is 32.2. The molecule has 0 unspecified atom stereocenters. The van der Waals surface area contributed by atoms with Crippen molar-refractivity contribution in [1.82, 2.24) is 19.2 Å². The van der Waals surface area contributed by atoms with Crippen molar-refractivity contribution in [2.24, 2.45) is 0 Å². The summed E-state index contributed by atoms with van der Waals surface area (Å²) in [5.74, 6) is 1.29. The first kappa shape index (κ1) is 19.5. The molecule has 8 heteroatoms. The normalized spacial score (nSPS) is 15.5. The maximum Gasteiger partial charge on any atom is 0.264 e. The zero-order valence-electron chi connectivity index (χ0n) is 16.9. The zero-order valence-corrected chi connectivity index (χ0v) is 18.6. The van der Waals surface area contributed by atoms with Crippen LogP contribution < -0.4 is 5.56 Å². The summed E-state index contributed by atoms with van der Waals surface area (Å²) >= 11 is 3.19. The van der Waals surface area contributed by atoms with Crippen molar-refractivity contribution >= 4 is 39.1 Å². The second-order valence-corrected chi connectivity index (χ2v) is 10.1. The van der Waals surface area contributed by atoms with Gasteiger partial charge in [0.1, 0.15) is 4.83 Å². The number of nitrogens with zero attached hydrogens (tertiary/aromatic N) is 4. The Morgan fingerprint density at radius 2 is 2.10 bits per heavy atom. The van der Waals surface area contributed by atoms with Gasteiger partial charge in [-0.05, 0) is 25.0 Å². The van der Waals surface area contributed by atoms with Crippen LogP contribution in [-0.4, -0.2) is 30.5 Å². The molecule has 3 aromatic heterocycles. The second kappa shape index (κ2) is 7.37. The van der Waals surface area contributed by atoms with Gasteiger partial charge in [0, 0.05) is 17.1 Å². The number of fused-ring (bicyclic) bond motifs is 5. The number of thioether (sulfide) groups is 1. The van der Waals surface area contributed by atoms with Crippen LogP contribution in [0.3, 0.4) is 0 Å². The monoisotopic (exact) mass is 438 g/mol. The van der Waals surface area contributed by atoms with Crippen LogP contribution in [0.4, 0.5) is 0 Å². The lowest BCUT2D eigenvalue weighted by Gasteiger charge is -2.29. The molecule has 0 N–H and O–H groups in total. The fourth-order valence-corrected chi connectivity index (χ4v) is 5.84. The summed E-state index contributed by atoms with van der Waals surface area (Å²) in [7, 11) is 0. The van der Waals surface area contributed by atoms with E-state index in [1.54, 1.807) is 27.7 Å². The van der Waals surface area contributed by atoms with Crippen molar-refractivity contribution in [3.05, 3.63) is 69.3 Å². The lowest BCUT2D eigenvalue weighted by molar-refractivity contribution is -0.0379. The minimum absolute atomic E-state index is 0.00998. The van der Waals surface area contributed by atoms with Crippen molar-refractivity contribution in [3.63, 3.8) is 0 Å². The van der Waals surface area contributed by atoms with E-state index in [1.807, 2.05) is 40.8 Å². The lowest BCUT2D eigenvalue weighted by Crippen LogP contribution is -2.32. The van der Waals surface area contributed by atoms with Crippen LogP contribution in [0.5, 0.6) is 0 Å². The molecule has 4 heterocycles. The topological polar surface area (TPSA) is 61.4 Å². The van der Waals surface area contributed by atoms with Crippen LogP contribution in [0.2, 0.25) is 0 Å². The van der Waals surface area contributed by atoms with Crippen LogP contribution in [-0.2, 0) is 24.3 Å². The summed E-state index contributed by atoms with van der Waals surface area (Å²) < 4.78 is 9.80. The Bertz CT molecular complexity index is 1320. The van der Waals surface area contributed by atoms with E-state index < -0.39 is 0 Å². The highest BCUT2D eigenvalue weighted by Crippen LogP contribution is 2.38. The van der Waals surface area contributed by atoms with Gasteiger partial charge in [-0.1, -0.05) is 48.2 Å². The number of hydrogen-bond acceptors (Lipinski definition) is 6. The molecule has 0 atom stereocenters. The quantitative estimate of drug-likeness (QED) is 0.344. The highest BCUT2D eigenvalue weighted by molar-refractivity contribution is 7.99. The Morgan fingerprint density at radius 1 is 1.30 bits per heavy atom. The summed E-state index contributed by atoms with van der Waals surface area (Å²) in [6, 6.07) is 9.99. The minimum Gasteiger partial charge on any atom is -0.370 e. The SMILES string of the molecule is C=CCSc1nnc2n(Cc3ccccc3)c(=O)c3c4c(sc3n12)COC(C)(C)C4. The van der Waals surface area contributed by atoms with Crippen LogP contribution in [0, 0.1) is 0 Å². The third-order valence-corrected chi connectivity index (χ3v) is 7.42. The summed E-state index contributed by atoms with van der Waals surface area (Å²) in [4.78, 5) is 15.8. The molecule has 1 aliphatic rings. The van der Waals surface area contributed by atoms with Gasteiger partial charge in [-0.2, -0.15) is 0 Å². The molecule has 30 heavy (non-hydrogen) atoms. The predicted octanol–water partition coefficient (Wildman–Crippen LogP) is 4.28. The summed E-state index contributed by atoms with van der Waals surface area (Å²) in [6.45, 7) is 8.94. The Hall–Kier alpha value is -2.42. The molecular formula is C22H22N4O2S2. The van der Waals surface area contributed by atoms with Crippen molar-refractivity contribution < 1.29 is 4.74 Å². The Morgan fingerprint density at radius 3 is 2.87 bits per heavy atom. The number of ether oxygens (including phenoxy) is 1. The van der Waals surface area contributed by atoms with Gasteiger partial charge in [-0.3, -0.25) is 9.36 Å². The van der Waals surface area contributed by atoms with E-state index in [0.717, 1.165) is 37.1 Å². The molecule has 0 bridgehead atoms. The van der Waals surface area contributed by atoms with Gasteiger partial charge in [0.15, 0.2) is 5.16 Å². The molecule has 0 saturated carbocycles. The fraction of sp³-hybridized carbons (Fsp3) is 0.318. The smallest absolute Gasteiger partial charge is 0.264 e. The molecule has 1 aliphatic heterocycles.